The highest BCUT2D eigenvalue weighted by Gasteiger charge is 2.34. The maximum atomic E-state index is 13.2. The Bertz CT molecular complexity index is 493. The van der Waals surface area contributed by atoms with E-state index in [1.165, 1.54) is 6.07 Å². The second-order valence-electron chi connectivity index (χ2n) is 5.02. The highest BCUT2D eigenvalue weighted by Crippen LogP contribution is 2.37. The van der Waals surface area contributed by atoms with E-state index in [-0.39, 0.29) is 18.1 Å². The Kier molecular flexibility index (Phi) is 5.77. The minimum absolute atomic E-state index is 0.0382. The van der Waals surface area contributed by atoms with Gasteiger partial charge in [-0.1, -0.05) is 0 Å². The van der Waals surface area contributed by atoms with Crippen molar-refractivity contribution in [2.75, 3.05) is 48.9 Å². The van der Waals surface area contributed by atoms with E-state index >= 15 is 0 Å². The molecule has 1 atom stereocenters. The van der Waals surface area contributed by atoms with Gasteiger partial charge in [-0.3, -0.25) is 0 Å². The molecular weight excluding hydrogens is 321 g/mol. The van der Waals surface area contributed by atoms with Crippen LogP contribution in [0.15, 0.2) is 18.2 Å². The van der Waals surface area contributed by atoms with E-state index in [1.54, 1.807) is 6.07 Å². The minimum atomic E-state index is -4.48. The second-order valence-corrected chi connectivity index (χ2v) is 5.32. The summed E-state index contributed by atoms with van der Waals surface area (Å²) in [7, 11) is 0. The number of morpholine rings is 1. The average molecular weight is 339 g/mol. The van der Waals surface area contributed by atoms with Gasteiger partial charge in [0.1, 0.15) is 0 Å². The van der Waals surface area contributed by atoms with Gasteiger partial charge in [0.15, 0.2) is 0 Å². The molecule has 2 N–H and O–H groups in total. The molecular formula is C14H18ClF3N2O2. The number of hydrogen-bond donors (Lipinski definition) is 2. The number of nitrogens with one attached hydrogen (secondary N) is 1. The van der Waals surface area contributed by atoms with Crippen LogP contribution in [0.25, 0.3) is 0 Å². The fourth-order valence-electron chi connectivity index (χ4n) is 2.22. The van der Waals surface area contributed by atoms with Gasteiger partial charge in [0.2, 0.25) is 0 Å². The quantitative estimate of drug-likeness (QED) is 0.810. The van der Waals surface area contributed by atoms with Crippen molar-refractivity contribution in [3.63, 3.8) is 0 Å². The van der Waals surface area contributed by atoms with Crippen LogP contribution in [0.2, 0.25) is 0 Å². The van der Waals surface area contributed by atoms with Crippen molar-refractivity contribution >= 4 is 23.0 Å². The van der Waals surface area contributed by atoms with E-state index in [0.717, 1.165) is 6.07 Å². The normalized spacial score (nSPS) is 17.4. The number of benzene rings is 1. The van der Waals surface area contributed by atoms with E-state index in [0.29, 0.717) is 32.0 Å². The summed E-state index contributed by atoms with van der Waals surface area (Å²) in [6, 6.07) is 4.14. The van der Waals surface area contributed by atoms with E-state index in [4.69, 9.17) is 16.3 Å². The van der Waals surface area contributed by atoms with Gasteiger partial charge < -0.3 is 20.1 Å². The zero-order valence-corrected chi connectivity index (χ0v) is 12.6. The molecule has 1 aromatic rings. The SMILES string of the molecule is OC(CCl)CNc1ccc(N2CCOCC2)cc1C(F)(F)F. The van der Waals surface area contributed by atoms with Crippen molar-refractivity contribution in [2.45, 2.75) is 12.3 Å². The van der Waals surface area contributed by atoms with Crippen LogP contribution in [0.3, 0.4) is 0 Å². The molecule has 0 spiro atoms. The number of rotatable bonds is 5. The van der Waals surface area contributed by atoms with Gasteiger partial charge >= 0.3 is 6.18 Å². The predicted molar refractivity (Wildman–Crippen MR) is 79.7 cm³/mol. The number of ether oxygens (including phenoxy) is 1. The molecule has 0 aliphatic carbocycles. The minimum Gasteiger partial charge on any atom is -0.390 e. The standard InChI is InChI=1S/C14H18ClF3N2O2/c15-8-11(21)9-19-13-2-1-10(7-12(13)14(16,17)18)20-3-5-22-6-4-20/h1-2,7,11,19,21H,3-6,8-9H2. The summed E-state index contributed by atoms with van der Waals surface area (Å²) in [6.45, 7) is 2.10. The third-order valence-electron chi connectivity index (χ3n) is 3.39. The Labute approximate surface area is 131 Å². The van der Waals surface area contributed by atoms with Gasteiger partial charge in [-0.2, -0.15) is 13.2 Å². The van der Waals surface area contributed by atoms with Crippen molar-refractivity contribution in [1.82, 2.24) is 0 Å². The summed E-state index contributed by atoms with van der Waals surface area (Å²) in [5.74, 6) is -0.0415. The van der Waals surface area contributed by atoms with Gasteiger partial charge in [0.05, 0.1) is 30.8 Å². The maximum Gasteiger partial charge on any atom is 0.418 e. The van der Waals surface area contributed by atoms with Crippen molar-refractivity contribution in [3.8, 4) is 0 Å². The Hall–Kier alpha value is -1.18. The Morgan fingerprint density at radius 3 is 2.59 bits per heavy atom. The van der Waals surface area contributed by atoms with Crippen LogP contribution in [-0.4, -0.2) is 49.9 Å². The first-order valence-electron chi connectivity index (χ1n) is 6.93. The maximum absolute atomic E-state index is 13.2. The van der Waals surface area contributed by atoms with Crippen LogP contribution >= 0.6 is 11.6 Å². The number of hydrogen-bond acceptors (Lipinski definition) is 4. The number of nitrogens with zero attached hydrogens (tertiary/aromatic N) is 1. The molecule has 0 bridgehead atoms. The monoisotopic (exact) mass is 338 g/mol. The molecule has 1 aliphatic rings. The lowest BCUT2D eigenvalue weighted by Gasteiger charge is -2.30. The van der Waals surface area contributed by atoms with Crippen molar-refractivity contribution in [1.29, 1.82) is 0 Å². The van der Waals surface area contributed by atoms with Gasteiger partial charge in [-0.15, -0.1) is 11.6 Å². The number of alkyl halides is 4. The number of aliphatic hydroxyl groups excluding tert-OH is 1. The third kappa shape index (κ3) is 4.41. The summed E-state index contributed by atoms with van der Waals surface area (Å²) in [4.78, 5) is 1.86. The molecule has 124 valence electrons. The fourth-order valence-corrected chi connectivity index (χ4v) is 2.33. The Morgan fingerprint density at radius 2 is 2.00 bits per heavy atom. The van der Waals surface area contributed by atoms with E-state index in [1.807, 2.05) is 4.90 Å². The molecule has 1 unspecified atom stereocenters. The highest BCUT2D eigenvalue weighted by atomic mass is 35.5. The lowest BCUT2D eigenvalue weighted by atomic mass is 10.1. The summed E-state index contributed by atoms with van der Waals surface area (Å²) >= 11 is 5.44. The lowest BCUT2D eigenvalue weighted by Crippen LogP contribution is -2.36. The van der Waals surface area contributed by atoms with Crippen molar-refractivity contribution in [2.24, 2.45) is 0 Å². The van der Waals surface area contributed by atoms with Crippen molar-refractivity contribution < 1.29 is 23.0 Å². The Morgan fingerprint density at radius 1 is 1.32 bits per heavy atom. The van der Waals surface area contributed by atoms with Crippen LogP contribution < -0.4 is 10.2 Å². The van der Waals surface area contributed by atoms with E-state index in [2.05, 4.69) is 5.32 Å². The first-order valence-corrected chi connectivity index (χ1v) is 7.47. The molecule has 1 heterocycles. The zero-order chi connectivity index (χ0) is 16.2. The topological polar surface area (TPSA) is 44.7 Å². The van der Waals surface area contributed by atoms with Gasteiger partial charge in [0.25, 0.3) is 0 Å². The van der Waals surface area contributed by atoms with Crippen molar-refractivity contribution in [3.05, 3.63) is 23.8 Å². The summed E-state index contributed by atoms with van der Waals surface area (Å²) in [5.41, 5.74) is -0.300. The molecule has 1 aliphatic heterocycles. The number of aliphatic hydroxyl groups is 1. The number of anilines is 2. The first-order chi connectivity index (χ1) is 10.4. The van der Waals surface area contributed by atoms with Gasteiger partial charge in [0, 0.05) is 31.0 Å². The van der Waals surface area contributed by atoms with Crippen LogP contribution in [0.4, 0.5) is 24.5 Å². The van der Waals surface area contributed by atoms with E-state index in [9.17, 15) is 18.3 Å². The van der Waals surface area contributed by atoms with Crippen LogP contribution in [0.1, 0.15) is 5.56 Å². The first kappa shape index (κ1) is 17.2. The Balaban J connectivity index is 2.22. The molecule has 22 heavy (non-hydrogen) atoms. The molecule has 0 aromatic heterocycles. The smallest absolute Gasteiger partial charge is 0.390 e. The molecule has 1 saturated heterocycles. The molecule has 8 heteroatoms. The molecule has 0 radical (unpaired) electrons. The largest absolute Gasteiger partial charge is 0.418 e. The predicted octanol–water partition coefficient (Wildman–Crippen LogP) is 2.55. The van der Waals surface area contributed by atoms with Gasteiger partial charge in [-0.25, -0.2) is 0 Å². The molecule has 4 nitrogen and oxygen atoms in total. The summed E-state index contributed by atoms with van der Waals surface area (Å²) < 4.78 is 44.9. The summed E-state index contributed by atoms with van der Waals surface area (Å²) in [6.07, 6.45) is -5.38. The number of halogens is 4. The molecule has 2 rings (SSSR count). The average Bonchev–Trinajstić information content (AvgIpc) is 2.52. The van der Waals surface area contributed by atoms with Crippen LogP contribution in [-0.2, 0) is 10.9 Å². The molecule has 0 amide bonds. The molecule has 1 fully saturated rings. The van der Waals surface area contributed by atoms with Crippen LogP contribution in [0, 0.1) is 0 Å². The fraction of sp³-hybridized carbons (Fsp3) is 0.571. The van der Waals surface area contributed by atoms with E-state index < -0.39 is 17.8 Å². The molecule has 0 saturated carbocycles. The summed E-state index contributed by atoms with van der Waals surface area (Å²) in [5, 5.41) is 12.0. The second kappa shape index (κ2) is 7.39. The zero-order valence-electron chi connectivity index (χ0n) is 11.9. The van der Waals surface area contributed by atoms with Gasteiger partial charge in [-0.05, 0) is 18.2 Å². The lowest BCUT2D eigenvalue weighted by molar-refractivity contribution is -0.136. The third-order valence-corrected chi connectivity index (χ3v) is 3.75. The highest BCUT2D eigenvalue weighted by molar-refractivity contribution is 6.18. The molecule has 1 aromatic carbocycles. The van der Waals surface area contributed by atoms with Crippen LogP contribution in [0.5, 0.6) is 0 Å².